The minimum Gasteiger partial charge on any atom is -0.289 e. The Balaban J connectivity index is 2.39. The van der Waals surface area contributed by atoms with Gasteiger partial charge in [-0.25, -0.2) is 8.78 Å². The monoisotopic (exact) mass is 256 g/mol. The van der Waals surface area contributed by atoms with Crippen LogP contribution >= 0.6 is 0 Å². The lowest BCUT2D eigenvalue weighted by atomic mass is 9.95. The molecule has 1 aliphatic carbocycles. The molecule has 94 valence electrons. The highest BCUT2D eigenvalue weighted by atomic mass is 19.3. The van der Waals surface area contributed by atoms with E-state index in [9.17, 15) is 22.4 Å². The molecule has 0 amide bonds. The first-order valence-electron chi connectivity index (χ1n) is 5.14. The highest BCUT2D eigenvalue weighted by Gasteiger charge is 2.45. The number of carbonyl (C=O) groups excluding carboxylic acids is 1. The third kappa shape index (κ3) is 2.08. The molecular formula is C13H8F4O. The molecule has 5 heteroatoms. The van der Waals surface area contributed by atoms with E-state index in [-0.39, 0.29) is 11.6 Å². The van der Waals surface area contributed by atoms with Gasteiger partial charge in [0.1, 0.15) is 0 Å². The molecule has 2 rings (SSSR count). The summed E-state index contributed by atoms with van der Waals surface area (Å²) in [4.78, 5) is 11.8. The number of ketones is 1. The van der Waals surface area contributed by atoms with Crippen LogP contribution in [0.15, 0.2) is 53.9 Å². The fourth-order valence-corrected chi connectivity index (χ4v) is 1.59. The molecule has 1 aromatic carbocycles. The summed E-state index contributed by atoms with van der Waals surface area (Å²) >= 11 is 0. The number of benzene rings is 1. The van der Waals surface area contributed by atoms with Crippen molar-refractivity contribution in [1.82, 2.24) is 0 Å². The van der Waals surface area contributed by atoms with Gasteiger partial charge < -0.3 is 0 Å². The van der Waals surface area contributed by atoms with E-state index >= 15 is 0 Å². The quantitative estimate of drug-likeness (QED) is 0.583. The Bertz CT molecular complexity index is 531. The van der Waals surface area contributed by atoms with Crippen LogP contribution in [-0.4, -0.2) is 17.9 Å². The Morgan fingerprint density at radius 3 is 2.39 bits per heavy atom. The number of alkyl halides is 3. The second-order valence-electron chi connectivity index (χ2n) is 3.83. The summed E-state index contributed by atoms with van der Waals surface area (Å²) in [5.74, 6) is -6.45. The maximum absolute atomic E-state index is 13.4. The normalized spacial score (nSPS) is 22.1. The number of Topliss-reactive ketones (excluding diaryl/α,β-unsaturated/α-hetero) is 1. The third-order valence-electron chi connectivity index (χ3n) is 2.57. The van der Waals surface area contributed by atoms with Gasteiger partial charge in [-0.2, -0.15) is 8.78 Å². The fraction of sp³-hybridized carbons (Fsp3) is 0.154. The van der Waals surface area contributed by atoms with Crippen molar-refractivity contribution in [3.63, 3.8) is 0 Å². The van der Waals surface area contributed by atoms with Gasteiger partial charge in [0.2, 0.25) is 6.17 Å². The highest BCUT2D eigenvalue weighted by molar-refractivity contribution is 6.11. The minimum atomic E-state index is -3.91. The first-order valence-corrected chi connectivity index (χ1v) is 5.14. The van der Waals surface area contributed by atoms with E-state index in [1.807, 2.05) is 0 Å². The Kier molecular flexibility index (Phi) is 3.07. The summed E-state index contributed by atoms with van der Waals surface area (Å²) in [6.45, 7) is 0. The third-order valence-corrected chi connectivity index (χ3v) is 2.57. The predicted molar refractivity (Wildman–Crippen MR) is 57.9 cm³/mol. The van der Waals surface area contributed by atoms with E-state index in [4.69, 9.17) is 0 Å². The van der Waals surface area contributed by atoms with Crippen LogP contribution < -0.4 is 0 Å². The average Bonchev–Trinajstić information content (AvgIpc) is 2.37. The van der Waals surface area contributed by atoms with Gasteiger partial charge in [0.05, 0.1) is 5.57 Å². The number of rotatable bonds is 2. The van der Waals surface area contributed by atoms with Gasteiger partial charge >= 0.3 is 5.92 Å². The van der Waals surface area contributed by atoms with Crippen LogP contribution in [0.3, 0.4) is 0 Å². The SMILES string of the molecule is O=C(C1=C(F)C(F)C(F)(F)C=C1)c1ccccc1. The maximum Gasteiger partial charge on any atom is 0.303 e. The Morgan fingerprint density at radius 1 is 1.17 bits per heavy atom. The van der Waals surface area contributed by atoms with Crippen LogP contribution in [0.4, 0.5) is 17.6 Å². The smallest absolute Gasteiger partial charge is 0.289 e. The van der Waals surface area contributed by atoms with Gasteiger partial charge in [-0.1, -0.05) is 30.3 Å². The van der Waals surface area contributed by atoms with Crippen LogP contribution in [0.1, 0.15) is 10.4 Å². The van der Waals surface area contributed by atoms with Gasteiger partial charge in [-0.15, -0.1) is 0 Å². The van der Waals surface area contributed by atoms with Crippen molar-refractivity contribution in [3.05, 3.63) is 59.4 Å². The lowest BCUT2D eigenvalue weighted by Gasteiger charge is -2.21. The molecule has 0 saturated carbocycles. The van der Waals surface area contributed by atoms with E-state index in [2.05, 4.69) is 0 Å². The van der Waals surface area contributed by atoms with Gasteiger partial charge in [-0.3, -0.25) is 4.79 Å². The average molecular weight is 256 g/mol. The first kappa shape index (κ1) is 12.5. The van der Waals surface area contributed by atoms with Crippen LogP contribution in [0.2, 0.25) is 0 Å². The van der Waals surface area contributed by atoms with Crippen molar-refractivity contribution < 1.29 is 22.4 Å². The standard InChI is InChI=1S/C13H8F4O/c14-10-9(6-7-13(16,17)12(10)15)11(18)8-4-2-1-3-5-8/h1-7,12H. The topological polar surface area (TPSA) is 17.1 Å². The van der Waals surface area contributed by atoms with E-state index in [1.54, 1.807) is 18.2 Å². The van der Waals surface area contributed by atoms with Gasteiger partial charge in [-0.05, 0) is 12.2 Å². The number of hydrogen-bond donors (Lipinski definition) is 0. The second kappa shape index (κ2) is 4.40. The molecule has 0 aliphatic heterocycles. The molecule has 0 fully saturated rings. The summed E-state index contributed by atoms with van der Waals surface area (Å²) in [5.41, 5.74) is -0.552. The number of allylic oxidation sites excluding steroid dienone is 4. The maximum atomic E-state index is 13.4. The largest absolute Gasteiger partial charge is 0.303 e. The molecule has 1 atom stereocenters. The zero-order valence-corrected chi connectivity index (χ0v) is 9.04. The van der Waals surface area contributed by atoms with Crippen molar-refractivity contribution in [1.29, 1.82) is 0 Å². The molecule has 1 unspecified atom stereocenters. The first-order chi connectivity index (χ1) is 8.43. The highest BCUT2D eigenvalue weighted by Crippen LogP contribution is 2.36. The molecule has 0 radical (unpaired) electrons. The van der Waals surface area contributed by atoms with Crippen molar-refractivity contribution in [2.24, 2.45) is 0 Å². The summed E-state index contributed by atoms with van der Waals surface area (Å²) in [5, 5.41) is 0. The zero-order chi connectivity index (χ0) is 13.3. The van der Waals surface area contributed by atoms with Crippen LogP contribution in [0.25, 0.3) is 0 Å². The summed E-state index contributed by atoms with van der Waals surface area (Å²) < 4.78 is 52.2. The lowest BCUT2D eigenvalue weighted by molar-refractivity contribution is -0.0218. The molecule has 0 bridgehead atoms. The molecular weight excluding hydrogens is 248 g/mol. The molecule has 1 aromatic rings. The fourth-order valence-electron chi connectivity index (χ4n) is 1.59. The lowest BCUT2D eigenvalue weighted by Crippen LogP contribution is -2.32. The summed E-state index contributed by atoms with van der Waals surface area (Å²) in [6, 6.07) is 7.52. The van der Waals surface area contributed by atoms with E-state index < -0.39 is 29.3 Å². The van der Waals surface area contributed by atoms with Crippen LogP contribution in [0, 0.1) is 0 Å². The molecule has 0 spiro atoms. The molecule has 1 nitrogen and oxygen atoms in total. The molecule has 1 aliphatic rings. The van der Waals surface area contributed by atoms with Crippen molar-refractivity contribution in [2.45, 2.75) is 12.1 Å². The number of halogens is 4. The zero-order valence-electron chi connectivity index (χ0n) is 9.04. The Labute approximate surface area is 100 Å². The van der Waals surface area contributed by atoms with Crippen molar-refractivity contribution in [2.75, 3.05) is 0 Å². The number of hydrogen-bond acceptors (Lipinski definition) is 1. The van der Waals surface area contributed by atoms with Crippen LogP contribution in [-0.2, 0) is 0 Å². The predicted octanol–water partition coefficient (Wildman–Crippen LogP) is 3.64. The van der Waals surface area contributed by atoms with Crippen LogP contribution in [0.5, 0.6) is 0 Å². The Hall–Kier alpha value is -1.91. The van der Waals surface area contributed by atoms with Gasteiger partial charge in [0, 0.05) is 5.56 Å². The molecule has 0 saturated heterocycles. The molecule has 18 heavy (non-hydrogen) atoms. The van der Waals surface area contributed by atoms with E-state index in [1.165, 1.54) is 12.1 Å². The number of carbonyl (C=O) groups is 1. The van der Waals surface area contributed by atoms with Gasteiger partial charge in [0.15, 0.2) is 11.6 Å². The molecule has 0 aromatic heterocycles. The van der Waals surface area contributed by atoms with E-state index in [0.29, 0.717) is 6.08 Å². The van der Waals surface area contributed by atoms with Crippen molar-refractivity contribution in [3.8, 4) is 0 Å². The van der Waals surface area contributed by atoms with E-state index in [0.717, 1.165) is 0 Å². The van der Waals surface area contributed by atoms with Gasteiger partial charge in [0.25, 0.3) is 0 Å². The Morgan fingerprint density at radius 2 is 1.78 bits per heavy atom. The molecule has 0 N–H and O–H groups in total. The summed E-state index contributed by atoms with van der Waals surface area (Å²) in [6.07, 6.45) is -2.28. The minimum absolute atomic E-state index is 0.115. The van der Waals surface area contributed by atoms with Crippen molar-refractivity contribution >= 4 is 5.78 Å². The molecule has 0 heterocycles. The summed E-state index contributed by atoms with van der Waals surface area (Å²) in [7, 11) is 0. The second-order valence-corrected chi connectivity index (χ2v) is 3.83.